The first-order chi connectivity index (χ1) is 9.88. The van der Waals surface area contributed by atoms with Crippen molar-refractivity contribution in [3.05, 3.63) is 23.8 Å². The molecule has 1 aromatic carbocycles. The number of benzene rings is 1. The number of nitrogens with zero attached hydrogens (tertiary/aromatic N) is 1. The minimum Gasteiger partial charge on any atom is -0.497 e. The first-order valence-corrected chi connectivity index (χ1v) is 5.89. The van der Waals surface area contributed by atoms with Crippen molar-refractivity contribution in [3.63, 3.8) is 0 Å². The normalized spacial score (nSPS) is 9.67. The van der Waals surface area contributed by atoms with Gasteiger partial charge in [0, 0.05) is 7.05 Å². The third-order valence-corrected chi connectivity index (χ3v) is 2.64. The molecule has 8 heteroatoms. The van der Waals surface area contributed by atoms with Gasteiger partial charge in [-0.3, -0.25) is 4.79 Å². The van der Waals surface area contributed by atoms with Gasteiger partial charge in [-0.25, -0.2) is 9.59 Å². The van der Waals surface area contributed by atoms with Gasteiger partial charge in [0.2, 0.25) is 0 Å². The molecule has 21 heavy (non-hydrogen) atoms. The van der Waals surface area contributed by atoms with Crippen LogP contribution in [0.3, 0.4) is 0 Å². The van der Waals surface area contributed by atoms with Crippen LogP contribution in [0.15, 0.2) is 18.2 Å². The van der Waals surface area contributed by atoms with Crippen LogP contribution in [0.1, 0.15) is 10.4 Å². The van der Waals surface area contributed by atoms with Crippen molar-refractivity contribution in [2.75, 3.05) is 33.1 Å². The quantitative estimate of drug-likeness (QED) is 0.786. The van der Waals surface area contributed by atoms with Crippen molar-refractivity contribution in [2.45, 2.75) is 0 Å². The predicted octanol–water partition coefficient (Wildman–Crippen LogP) is 1.03. The summed E-state index contributed by atoms with van der Waals surface area (Å²) in [7, 11) is 4.00. The van der Waals surface area contributed by atoms with Gasteiger partial charge in [0.25, 0.3) is 0 Å². The Labute approximate surface area is 121 Å². The summed E-state index contributed by atoms with van der Waals surface area (Å²) in [6.45, 7) is -0.249. The topological polar surface area (TPSA) is 105 Å². The van der Waals surface area contributed by atoms with Crippen LogP contribution in [-0.2, 0) is 9.53 Å². The molecule has 0 aliphatic heterocycles. The number of nitrogens with one attached hydrogen (secondary N) is 1. The van der Waals surface area contributed by atoms with Crippen LogP contribution in [0, 0.1) is 0 Å². The van der Waals surface area contributed by atoms with E-state index in [-0.39, 0.29) is 17.8 Å². The SMILES string of the molecule is COC(=O)CN(C)C(=O)Nc1ccc(OC)cc1C(=O)O. The number of carboxylic acid groups (broad SMARTS) is 1. The third kappa shape index (κ3) is 4.37. The molecule has 2 amide bonds. The number of ether oxygens (including phenoxy) is 2. The first kappa shape index (κ1) is 16.3. The molecule has 1 rings (SSSR count). The zero-order chi connectivity index (χ0) is 16.0. The van der Waals surface area contributed by atoms with Gasteiger partial charge in [0.05, 0.1) is 25.5 Å². The summed E-state index contributed by atoms with van der Waals surface area (Å²) in [5, 5.41) is 11.5. The Kier molecular flexibility index (Phi) is 5.53. The summed E-state index contributed by atoms with van der Waals surface area (Å²) >= 11 is 0. The standard InChI is InChI=1S/C13H16N2O6/c1-15(7-11(16)21-3)13(19)14-10-5-4-8(20-2)6-9(10)12(17)18/h4-6H,7H2,1-3H3,(H,14,19)(H,17,18). The number of amides is 2. The fourth-order valence-electron chi connectivity index (χ4n) is 1.48. The molecule has 0 saturated heterocycles. The summed E-state index contributed by atoms with van der Waals surface area (Å²) in [4.78, 5) is 35.2. The lowest BCUT2D eigenvalue weighted by Gasteiger charge is -2.17. The number of likely N-dealkylation sites (N-methyl/N-ethyl adjacent to an activating group) is 1. The molecule has 0 radical (unpaired) electrons. The number of carboxylic acids is 1. The van der Waals surface area contributed by atoms with Crippen LogP contribution in [-0.4, -0.2) is 55.8 Å². The van der Waals surface area contributed by atoms with E-state index in [2.05, 4.69) is 10.1 Å². The second kappa shape index (κ2) is 7.13. The molecule has 0 unspecified atom stereocenters. The van der Waals surface area contributed by atoms with E-state index < -0.39 is 18.0 Å². The van der Waals surface area contributed by atoms with E-state index in [1.807, 2.05) is 0 Å². The summed E-state index contributed by atoms with van der Waals surface area (Å²) in [5.41, 5.74) is -0.0146. The molecule has 0 aliphatic carbocycles. The Bertz CT molecular complexity index is 558. The smallest absolute Gasteiger partial charge is 0.337 e. The van der Waals surface area contributed by atoms with Gasteiger partial charge in [0.15, 0.2) is 0 Å². The molecule has 0 heterocycles. The molecule has 2 N–H and O–H groups in total. The van der Waals surface area contributed by atoms with Crippen LogP contribution in [0.5, 0.6) is 5.75 Å². The van der Waals surface area contributed by atoms with Crippen LogP contribution in [0.25, 0.3) is 0 Å². The lowest BCUT2D eigenvalue weighted by atomic mass is 10.1. The number of anilines is 1. The van der Waals surface area contributed by atoms with Crippen LogP contribution in [0.2, 0.25) is 0 Å². The number of carbonyl (C=O) groups excluding carboxylic acids is 2. The summed E-state index contributed by atoms with van der Waals surface area (Å²) in [6.07, 6.45) is 0. The lowest BCUT2D eigenvalue weighted by Crippen LogP contribution is -2.36. The molecular weight excluding hydrogens is 280 g/mol. The van der Waals surface area contributed by atoms with Crippen LogP contribution >= 0.6 is 0 Å². The van der Waals surface area contributed by atoms with Gasteiger partial charge in [-0.15, -0.1) is 0 Å². The number of carbonyl (C=O) groups is 3. The van der Waals surface area contributed by atoms with Crippen molar-refractivity contribution in [2.24, 2.45) is 0 Å². The second-order valence-electron chi connectivity index (χ2n) is 4.08. The fourth-order valence-corrected chi connectivity index (χ4v) is 1.48. The average Bonchev–Trinajstić information content (AvgIpc) is 2.46. The fraction of sp³-hybridized carbons (Fsp3) is 0.308. The number of urea groups is 1. The summed E-state index contributed by atoms with van der Waals surface area (Å²) in [5.74, 6) is -1.44. The highest BCUT2D eigenvalue weighted by atomic mass is 16.5. The zero-order valence-electron chi connectivity index (χ0n) is 11.9. The van der Waals surface area contributed by atoms with Gasteiger partial charge in [-0.05, 0) is 18.2 Å². The maximum atomic E-state index is 11.9. The Morgan fingerprint density at radius 3 is 2.48 bits per heavy atom. The van der Waals surface area contributed by atoms with E-state index in [0.29, 0.717) is 5.75 Å². The van der Waals surface area contributed by atoms with E-state index in [4.69, 9.17) is 9.84 Å². The lowest BCUT2D eigenvalue weighted by molar-refractivity contribution is -0.140. The molecule has 0 aromatic heterocycles. The summed E-state index contributed by atoms with van der Waals surface area (Å²) in [6, 6.07) is 3.58. The highest BCUT2D eigenvalue weighted by molar-refractivity contribution is 6.00. The van der Waals surface area contributed by atoms with Crippen LogP contribution < -0.4 is 10.1 Å². The monoisotopic (exact) mass is 296 g/mol. The highest BCUT2D eigenvalue weighted by Gasteiger charge is 2.17. The molecule has 0 bridgehead atoms. The molecule has 0 aliphatic rings. The molecule has 0 atom stereocenters. The van der Waals surface area contributed by atoms with E-state index in [9.17, 15) is 14.4 Å². The van der Waals surface area contributed by atoms with Gasteiger partial charge in [-0.2, -0.15) is 0 Å². The minimum absolute atomic E-state index is 0.102. The molecule has 0 saturated carbocycles. The number of methoxy groups -OCH3 is 2. The molecular formula is C13H16N2O6. The van der Waals surface area contributed by atoms with E-state index in [1.165, 1.54) is 39.5 Å². The predicted molar refractivity (Wildman–Crippen MR) is 73.6 cm³/mol. The zero-order valence-corrected chi connectivity index (χ0v) is 11.9. The maximum absolute atomic E-state index is 11.9. The molecule has 8 nitrogen and oxygen atoms in total. The van der Waals surface area contributed by atoms with Crippen molar-refractivity contribution in [3.8, 4) is 5.75 Å². The third-order valence-electron chi connectivity index (χ3n) is 2.64. The van der Waals surface area contributed by atoms with E-state index in [1.54, 1.807) is 0 Å². The minimum atomic E-state index is -1.21. The first-order valence-electron chi connectivity index (χ1n) is 5.89. The average molecular weight is 296 g/mol. The molecule has 0 spiro atoms. The van der Waals surface area contributed by atoms with Gasteiger partial charge in [0.1, 0.15) is 12.3 Å². The molecule has 0 fully saturated rings. The Hall–Kier alpha value is -2.77. The number of hydrogen-bond donors (Lipinski definition) is 2. The van der Waals surface area contributed by atoms with Gasteiger partial charge < -0.3 is 24.8 Å². The highest BCUT2D eigenvalue weighted by Crippen LogP contribution is 2.22. The van der Waals surface area contributed by atoms with Gasteiger partial charge >= 0.3 is 18.0 Å². The largest absolute Gasteiger partial charge is 0.497 e. The summed E-state index contributed by atoms with van der Waals surface area (Å²) < 4.78 is 9.37. The second-order valence-corrected chi connectivity index (χ2v) is 4.08. The van der Waals surface area contributed by atoms with Gasteiger partial charge in [-0.1, -0.05) is 0 Å². The van der Waals surface area contributed by atoms with E-state index in [0.717, 1.165) is 4.90 Å². The Morgan fingerprint density at radius 2 is 1.95 bits per heavy atom. The Morgan fingerprint density at radius 1 is 1.29 bits per heavy atom. The van der Waals surface area contributed by atoms with Crippen LogP contribution in [0.4, 0.5) is 10.5 Å². The number of aromatic carboxylic acids is 1. The number of esters is 1. The Balaban J connectivity index is 2.89. The van der Waals surface area contributed by atoms with Crippen molar-refractivity contribution >= 4 is 23.7 Å². The van der Waals surface area contributed by atoms with E-state index >= 15 is 0 Å². The molecule has 114 valence electrons. The number of hydrogen-bond acceptors (Lipinski definition) is 5. The van der Waals surface area contributed by atoms with Crippen molar-refractivity contribution < 1.29 is 29.0 Å². The maximum Gasteiger partial charge on any atom is 0.337 e. The number of rotatable bonds is 5. The van der Waals surface area contributed by atoms with Crippen molar-refractivity contribution in [1.29, 1.82) is 0 Å². The van der Waals surface area contributed by atoms with Crippen molar-refractivity contribution in [1.82, 2.24) is 4.90 Å². The molecule has 1 aromatic rings.